The maximum absolute atomic E-state index is 6.10. The van der Waals surface area contributed by atoms with Crippen molar-refractivity contribution in [3.05, 3.63) is 22.4 Å². The van der Waals surface area contributed by atoms with Gasteiger partial charge < -0.3 is 4.74 Å². The predicted molar refractivity (Wildman–Crippen MR) is 74.3 cm³/mol. The van der Waals surface area contributed by atoms with Crippen LogP contribution in [0.2, 0.25) is 0 Å². The summed E-state index contributed by atoms with van der Waals surface area (Å²) in [6.07, 6.45) is 7.42. The molecule has 4 heteroatoms. The van der Waals surface area contributed by atoms with Crippen molar-refractivity contribution in [3.63, 3.8) is 0 Å². The van der Waals surface area contributed by atoms with E-state index in [1.165, 1.54) is 37.0 Å². The fraction of sp³-hybridized carbons (Fsp3) is 0.714. The van der Waals surface area contributed by atoms with Crippen LogP contribution < -0.4 is 11.3 Å². The summed E-state index contributed by atoms with van der Waals surface area (Å²) in [5, 5.41) is 2.13. The minimum Gasteiger partial charge on any atom is -0.375 e. The molecule has 100 valence electrons. The lowest BCUT2D eigenvalue weighted by Gasteiger charge is -2.41. The highest BCUT2D eigenvalue weighted by atomic mass is 32.1. The minimum atomic E-state index is 0.176. The van der Waals surface area contributed by atoms with Gasteiger partial charge in [0.2, 0.25) is 0 Å². The summed E-state index contributed by atoms with van der Waals surface area (Å²) >= 11 is 1.80. The van der Waals surface area contributed by atoms with E-state index in [-0.39, 0.29) is 5.60 Å². The molecule has 0 radical (unpaired) electrons. The molecule has 0 bridgehead atoms. The van der Waals surface area contributed by atoms with Crippen molar-refractivity contribution in [3.8, 4) is 0 Å². The molecule has 3 nitrogen and oxygen atoms in total. The van der Waals surface area contributed by atoms with Gasteiger partial charge in [0.1, 0.15) is 0 Å². The summed E-state index contributed by atoms with van der Waals surface area (Å²) in [5.41, 5.74) is 3.21. The summed E-state index contributed by atoms with van der Waals surface area (Å²) in [6, 6.07) is 4.59. The molecule has 1 spiro atoms. The third-order valence-corrected chi connectivity index (χ3v) is 5.50. The molecule has 1 saturated carbocycles. The van der Waals surface area contributed by atoms with Crippen LogP contribution in [0.3, 0.4) is 0 Å². The number of nitrogens with one attached hydrogen (secondary N) is 1. The van der Waals surface area contributed by atoms with E-state index >= 15 is 0 Å². The molecule has 2 fully saturated rings. The van der Waals surface area contributed by atoms with Crippen molar-refractivity contribution < 1.29 is 4.74 Å². The van der Waals surface area contributed by atoms with Crippen molar-refractivity contribution in [2.45, 2.75) is 50.2 Å². The standard InChI is InChI=1S/C14H22N2OS/c15-16-13(12-4-3-9-18-12)11-5-8-17-14(10-11)6-1-2-7-14/h3-4,9,11,13,16H,1-2,5-8,10,15H2. The second kappa shape index (κ2) is 5.29. The van der Waals surface area contributed by atoms with Crippen LogP contribution in [0.4, 0.5) is 0 Å². The zero-order valence-corrected chi connectivity index (χ0v) is 11.5. The predicted octanol–water partition coefficient (Wildman–Crippen LogP) is 2.99. The minimum absolute atomic E-state index is 0.176. The Balaban J connectivity index is 1.74. The van der Waals surface area contributed by atoms with Crippen LogP contribution >= 0.6 is 11.3 Å². The molecule has 3 rings (SSSR count). The first-order chi connectivity index (χ1) is 8.83. The Hall–Kier alpha value is -0.420. The van der Waals surface area contributed by atoms with Crippen molar-refractivity contribution in [1.82, 2.24) is 5.43 Å². The van der Waals surface area contributed by atoms with Crippen molar-refractivity contribution in [2.24, 2.45) is 11.8 Å². The molecular formula is C14H22N2OS. The lowest BCUT2D eigenvalue weighted by Crippen LogP contribution is -2.43. The average molecular weight is 266 g/mol. The highest BCUT2D eigenvalue weighted by molar-refractivity contribution is 7.10. The van der Waals surface area contributed by atoms with Gasteiger partial charge in [-0.3, -0.25) is 11.3 Å². The highest BCUT2D eigenvalue weighted by Gasteiger charge is 2.42. The van der Waals surface area contributed by atoms with Gasteiger partial charge in [-0.1, -0.05) is 18.9 Å². The maximum atomic E-state index is 6.10. The summed E-state index contributed by atoms with van der Waals surface area (Å²) < 4.78 is 6.10. The number of rotatable bonds is 3. The van der Waals surface area contributed by atoms with E-state index < -0.39 is 0 Å². The third-order valence-electron chi connectivity index (χ3n) is 4.55. The number of thiophene rings is 1. The van der Waals surface area contributed by atoms with E-state index in [2.05, 4.69) is 22.9 Å². The zero-order chi connectivity index (χ0) is 12.4. The molecule has 2 heterocycles. The van der Waals surface area contributed by atoms with Crippen LogP contribution in [0.15, 0.2) is 17.5 Å². The average Bonchev–Trinajstić information content (AvgIpc) is 3.03. The summed E-state index contributed by atoms with van der Waals surface area (Å²) in [7, 11) is 0. The molecule has 2 atom stereocenters. The van der Waals surface area contributed by atoms with E-state index in [1.54, 1.807) is 11.3 Å². The maximum Gasteiger partial charge on any atom is 0.0686 e. The van der Waals surface area contributed by atoms with Gasteiger partial charge >= 0.3 is 0 Å². The van der Waals surface area contributed by atoms with Gasteiger partial charge in [0.15, 0.2) is 0 Å². The number of hydrazine groups is 1. The Labute approximate surface area is 113 Å². The Morgan fingerprint density at radius 2 is 2.28 bits per heavy atom. The van der Waals surface area contributed by atoms with Crippen LogP contribution in [0.1, 0.15) is 49.4 Å². The topological polar surface area (TPSA) is 47.3 Å². The quantitative estimate of drug-likeness (QED) is 0.653. The van der Waals surface area contributed by atoms with Crippen LogP contribution in [0.5, 0.6) is 0 Å². The second-order valence-electron chi connectivity index (χ2n) is 5.65. The Bertz CT molecular complexity index is 373. The van der Waals surface area contributed by atoms with Gasteiger partial charge in [-0.2, -0.15) is 0 Å². The molecule has 1 aromatic heterocycles. The number of ether oxygens (including phenoxy) is 1. The number of hydrogen-bond acceptors (Lipinski definition) is 4. The van der Waals surface area contributed by atoms with Gasteiger partial charge in [0.05, 0.1) is 11.6 Å². The van der Waals surface area contributed by atoms with Gasteiger partial charge in [0, 0.05) is 11.5 Å². The summed E-state index contributed by atoms with van der Waals surface area (Å²) in [6.45, 7) is 0.897. The lowest BCUT2D eigenvalue weighted by molar-refractivity contribution is -0.0980. The largest absolute Gasteiger partial charge is 0.375 e. The van der Waals surface area contributed by atoms with Crippen LogP contribution in [-0.2, 0) is 4.74 Å². The van der Waals surface area contributed by atoms with Gasteiger partial charge in [-0.25, -0.2) is 0 Å². The van der Waals surface area contributed by atoms with Crippen molar-refractivity contribution >= 4 is 11.3 Å². The smallest absolute Gasteiger partial charge is 0.0686 e. The SMILES string of the molecule is NNC(c1cccs1)C1CCOC2(CCCC2)C1. The summed E-state index contributed by atoms with van der Waals surface area (Å²) in [5.74, 6) is 6.41. The Morgan fingerprint density at radius 1 is 1.44 bits per heavy atom. The normalized spacial score (nSPS) is 28.6. The van der Waals surface area contributed by atoms with E-state index in [4.69, 9.17) is 10.6 Å². The zero-order valence-electron chi connectivity index (χ0n) is 10.7. The molecule has 2 unspecified atom stereocenters. The van der Waals surface area contributed by atoms with Gasteiger partial charge in [-0.15, -0.1) is 11.3 Å². The highest BCUT2D eigenvalue weighted by Crippen LogP contribution is 2.45. The molecular weight excluding hydrogens is 244 g/mol. The van der Waals surface area contributed by atoms with Crippen LogP contribution in [-0.4, -0.2) is 12.2 Å². The molecule has 2 aliphatic rings. The van der Waals surface area contributed by atoms with E-state index in [9.17, 15) is 0 Å². The molecule has 3 N–H and O–H groups in total. The monoisotopic (exact) mass is 266 g/mol. The Kier molecular flexibility index (Phi) is 3.71. The third kappa shape index (κ3) is 2.35. The first-order valence-corrected chi connectivity index (χ1v) is 7.84. The van der Waals surface area contributed by atoms with Crippen LogP contribution in [0, 0.1) is 5.92 Å². The van der Waals surface area contributed by atoms with E-state index in [0.29, 0.717) is 12.0 Å². The molecule has 18 heavy (non-hydrogen) atoms. The van der Waals surface area contributed by atoms with Gasteiger partial charge in [0.25, 0.3) is 0 Å². The first kappa shape index (κ1) is 12.6. The molecule has 1 saturated heterocycles. The van der Waals surface area contributed by atoms with Crippen LogP contribution in [0.25, 0.3) is 0 Å². The first-order valence-electron chi connectivity index (χ1n) is 6.96. The lowest BCUT2D eigenvalue weighted by atomic mass is 9.80. The number of nitrogens with two attached hydrogens (primary N) is 1. The Morgan fingerprint density at radius 3 is 2.94 bits per heavy atom. The summed E-state index contributed by atoms with van der Waals surface area (Å²) in [4.78, 5) is 1.36. The molecule has 0 aromatic carbocycles. The fourth-order valence-electron chi connectivity index (χ4n) is 3.64. The van der Waals surface area contributed by atoms with E-state index in [1.807, 2.05) is 0 Å². The van der Waals surface area contributed by atoms with Gasteiger partial charge in [-0.05, 0) is 43.0 Å². The molecule has 1 aromatic rings. The van der Waals surface area contributed by atoms with Crippen molar-refractivity contribution in [1.29, 1.82) is 0 Å². The molecule has 1 aliphatic carbocycles. The fourth-order valence-corrected chi connectivity index (χ4v) is 4.52. The molecule has 0 amide bonds. The molecule has 1 aliphatic heterocycles. The van der Waals surface area contributed by atoms with E-state index in [0.717, 1.165) is 13.0 Å². The second-order valence-corrected chi connectivity index (χ2v) is 6.63. The number of hydrogen-bond donors (Lipinski definition) is 2. The van der Waals surface area contributed by atoms with Crippen molar-refractivity contribution in [2.75, 3.05) is 6.61 Å².